The fourth-order valence-corrected chi connectivity index (χ4v) is 1.58. The summed E-state index contributed by atoms with van der Waals surface area (Å²) in [5.41, 5.74) is 1.49. The summed E-state index contributed by atoms with van der Waals surface area (Å²) < 4.78 is 0. The summed E-state index contributed by atoms with van der Waals surface area (Å²) in [5.74, 6) is 0. The molecule has 0 aliphatic carbocycles. The monoisotopic (exact) mass is 200 g/mol. The van der Waals surface area contributed by atoms with Crippen molar-refractivity contribution in [3.05, 3.63) is 35.9 Å². The van der Waals surface area contributed by atoms with Crippen LogP contribution in [0.25, 0.3) is 0 Å². The number of rotatable bonds is 6. The Balaban J connectivity index is 0. The quantitative estimate of drug-likeness (QED) is 0.480. The molecule has 1 rings (SSSR count). The molecule has 0 amide bonds. The van der Waals surface area contributed by atoms with Gasteiger partial charge in [-0.2, -0.15) is 0 Å². The summed E-state index contributed by atoms with van der Waals surface area (Å²) in [4.78, 5) is 0. The van der Waals surface area contributed by atoms with E-state index in [4.69, 9.17) is 0 Å². The van der Waals surface area contributed by atoms with Gasteiger partial charge in [0.15, 0.2) is 0 Å². The first-order chi connectivity index (χ1) is 6.43. The summed E-state index contributed by atoms with van der Waals surface area (Å²) >= 11 is 0. The van der Waals surface area contributed by atoms with Crippen molar-refractivity contribution in [2.24, 2.45) is 0 Å². The van der Waals surface area contributed by atoms with Crippen LogP contribution in [0, 0.1) is 0 Å². The minimum absolute atomic E-state index is 0. The van der Waals surface area contributed by atoms with Gasteiger partial charge in [-0.1, -0.05) is 62.9 Å². The summed E-state index contributed by atoms with van der Waals surface area (Å²) in [5, 5.41) is 0. The van der Waals surface area contributed by atoms with Crippen LogP contribution < -0.4 is 29.6 Å². The first-order valence-electron chi connectivity index (χ1n) is 5.47. The van der Waals surface area contributed by atoms with Crippen molar-refractivity contribution in [3.8, 4) is 0 Å². The Kier molecular flexibility index (Phi) is 9.92. The molecule has 14 heavy (non-hydrogen) atoms. The maximum absolute atomic E-state index is 2.26. The second kappa shape index (κ2) is 9.76. The maximum Gasteiger partial charge on any atom is 1.00 e. The standard InChI is InChI=1S/C13H20.Na.H/c1-2-3-4-5-7-10-13-11-8-6-9-12-13;;/h6,8-9,11-12H,2-5,7,10H2,1H3;;/q;+1;-1. The van der Waals surface area contributed by atoms with Crippen molar-refractivity contribution >= 4 is 0 Å². The topological polar surface area (TPSA) is 0 Å². The molecule has 1 aromatic rings. The second-order valence-corrected chi connectivity index (χ2v) is 3.65. The molecular formula is C13H21Na. The molecule has 0 bridgehead atoms. The van der Waals surface area contributed by atoms with Crippen molar-refractivity contribution in [1.82, 2.24) is 0 Å². The molecule has 0 aliphatic heterocycles. The maximum atomic E-state index is 2.26. The van der Waals surface area contributed by atoms with Crippen LogP contribution in [0.1, 0.15) is 46.0 Å². The van der Waals surface area contributed by atoms with Gasteiger partial charge in [0, 0.05) is 0 Å². The molecule has 0 spiro atoms. The molecule has 1 aromatic carbocycles. The fraction of sp³-hybridized carbons (Fsp3) is 0.538. The Bertz CT molecular complexity index is 211. The third kappa shape index (κ3) is 6.64. The van der Waals surface area contributed by atoms with Gasteiger partial charge in [0.05, 0.1) is 0 Å². The zero-order valence-corrected chi connectivity index (χ0v) is 11.6. The minimum Gasteiger partial charge on any atom is -1.00 e. The first-order valence-corrected chi connectivity index (χ1v) is 5.47. The number of benzene rings is 1. The molecule has 74 valence electrons. The van der Waals surface area contributed by atoms with Crippen LogP contribution in [0.5, 0.6) is 0 Å². The average molecular weight is 200 g/mol. The Hall–Kier alpha value is 0.220. The summed E-state index contributed by atoms with van der Waals surface area (Å²) in [6, 6.07) is 10.8. The van der Waals surface area contributed by atoms with Crippen LogP contribution in [-0.4, -0.2) is 0 Å². The third-order valence-corrected chi connectivity index (χ3v) is 2.41. The Morgan fingerprint density at radius 3 is 2.21 bits per heavy atom. The number of hydrogen-bond acceptors (Lipinski definition) is 0. The van der Waals surface area contributed by atoms with Crippen molar-refractivity contribution < 1.29 is 31.0 Å². The van der Waals surface area contributed by atoms with Crippen molar-refractivity contribution in [1.29, 1.82) is 0 Å². The molecule has 0 nitrogen and oxygen atoms in total. The SMILES string of the molecule is CCCCCCCc1ccccc1.[H-].[Na+]. The number of unbranched alkanes of at least 4 members (excludes halogenated alkanes) is 4. The second-order valence-electron chi connectivity index (χ2n) is 3.65. The summed E-state index contributed by atoms with van der Waals surface area (Å²) in [6.07, 6.45) is 8.14. The van der Waals surface area contributed by atoms with Crippen LogP contribution in [-0.2, 0) is 6.42 Å². The first kappa shape index (κ1) is 14.2. The van der Waals surface area contributed by atoms with Crippen LogP contribution in [0.4, 0.5) is 0 Å². The van der Waals surface area contributed by atoms with Gasteiger partial charge in [0.1, 0.15) is 0 Å². The van der Waals surface area contributed by atoms with Crippen molar-refractivity contribution in [2.45, 2.75) is 45.4 Å². The van der Waals surface area contributed by atoms with E-state index in [0.717, 1.165) is 0 Å². The molecule has 0 N–H and O–H groups in total. The number of hydrogen-bond donors (Lipinski definition) is 0. The predicted molar refractivity (Wildman–Crippen MR) is 60.0 cm³/mol. The molecule has 1 heteroatoms. The van der Waals surface area contributed by atoms with Gasteiger partial charge in [0.25, 0.3) is 0 Å². The smallest absolute Gasteiger partial charge is 1.00 e. The van der Waals surface area contributed by atoms with Gasteiger partial charge in [-0.15, -0.1) is 0 Å². The molecule has 0 aromatic heterocycles. The third-order valence-electron chi connectivity index (χ3n) is 2.41. The van der Waals surface area contributed by atoms with E-state index in [1.165, 1.54) is 44.1 Å². The summed E-state index contributed by atoms with van der Waals surface area (Å²) in [7, 11) is 0. The average Bonchev–Trinajstić information content (AvgIpc) is 2.19. The van der Waals surface area contributed by atoms with Crippen molar-refractivity contribution in [2.75, 3.05) is 0 Å². The molecule has 0 atom stereocenters. The predicted octanol–water partition coefficient (Wildman–Crippen LogP) is 1.32. The van der Waals surface area contributed by atoms with Gasteiger partial charge in [-0.3, -0.25) is 0 Å². The normalized spacial score (nSPS) is 9.50. The van der Waals surface area contributed by atoms with Crippen LogP contribution in [0.3, 0.4) is 0 Å². The van der Waals surface area contributed by atoms with E-state index in [9.17, 15) is 0 Å². The van der Waals surface area contributed by atoms with Gasteiger partial charge in [-0.25, -0.2) is 0 Å². The molecule has 0 fully saturated rings. The summed E-state index contributed by atoms with van der Waals surface area (Å²) in [6.45, 7) is 2.26. The van der Waals surface area contributed by atoms with Crippen molar-refractivity contribution in [3.63, 3.8) is 0 Å². The van der Waals surface area contributed by atoms with Gasteiger partial charge in [0.2, 0.25) is 0 Å². The van der Waals surface area contributed by atoms with E-state index >= 15 is 0 Å². The fourth-order valence-electron chi connectivity index (χ4n) is 1.58. The molecule has 0 unspecified atom stereocenters. The molecular weight excluding hydrogens is 179 g/mol. The van der Waals surface area contributed by atoms with E-state index in [-0.39, 0.29) is 31.0 Å². The minimum atomic E-state index is 0. The Morgan fingerprint density at radius 1 is 0.929 bits per heavy atom. The zero-order chi connectivity index (χ0) is 9.36. The molecule has 0 aliphatic rings. The molecule has 0 saturated heterocycles. The van der Waals surface area contributed by atoms with Crippen LogP contribution in [0.15, 0.2) is 30.3 Å². The molecule has 0 heterocycles. The molecule has 0 saturated carbocycles. The van der Waals surface area contributed by atoms with E-state index in [0.29, 0.717) is 0 Å². The molecule has 0 radical (unpaired) electrons. The Morgan fingerprint density at radius 2 is 1.57 bits per heavy atom. The van der Waals surface area contributed by atoms with Crippen LogP contribution >= 0.6 is 0 Å². The van der Waals surface area contributed by atoms with Gasteiger partial charge >= 0.3 is 29.6 Å². The van der Waals surface area contributed by atoms with E-state index < -0.39 is 0 Å². The zero-order valence-electron chi connectivity index (χ0n) is 10.6. The Labute approximate surface area is 112 Å². The van der Waals surface area contributed by atoms with Crippen LogP contribution in [0.2, 0.25) is 0 Å². The largest absolute Gasteiger partial charge is 1.00 e. The van der Waals surface area contributed by atoms with Gasteiger partial charge < -0.3 is 1.43 Å². The van der Waals surface area contributed by atoms with E-state index in [1.54, 1.807) is 0 Å². The van der Waals surface area contributed by atoms with E-state index in [1.807, 2.05) is 0 Å². The van der Waals surface area contributed by atoms with E-state index in [2.05, 4.69) is 37.3 Å². The number of aryl methyl sites for hydroxylation is 1. The van der Waals surface area contributed by atoms with Gasteiger partial charge in [-0.05, 0) is 18.4 Å².